The highest BCUT2D eigenvalue weighted by Gasteiger charge is 2.23. The lowest BCUT2D eigenvalue weighted by Crippen LogP contribution is -2.29. The van der Waals surface area contributed by atoms with Crippen molar-refractivity contribution in [1.29, 1.82) is 0 Å². The zero-order valence-corrected chi connectivity index (χ0v) is 10.1. The summed E-state index contributed by atoms with van der Waals surface area (Å²) in [6.07, 6.45) is 0. The van der Waals surface area contributed by atoms with Crippen LogP contribution < -0.4 is 10.5 Å². The van der Waals surface area contributed by atoms with E-state index in [9.17, 15) is 4.39 Å². The lowest BCUT2D eigenvalue weighted by Gasteiger charge is -2.23. The quantitative estimate of drug-likeness (QED) is 0.857. The molecule has 0 aliphatic carbocycles. The summed E-state index contributed by atoms with van der Waals surface area (Å²) in [6.45, 7) is 3.83. The predicted octanol–water partition coefficient (Wildman–Crippen LogP) is 2.17. The number of ether oxygens (including phenoxy) is 2. The summed E-state index contributed by atoms with van der Waals surface area (Å²) in [4.78, 5) is 0. The second-order valence-corrected chi connectivity index (χ2v) is 4.27. The first-order chi connectivity index (χ1) is 7.41. The van der Waals surface area contributed by atoms with Gasteiger partial charge in [0.2, 0.25) is 0 Å². The van der Waals surface area contributed by atoms with Crippen molar-refractivity contribution in [2.24, 2.45) is 5.73 Å². The first-order valence-electron chi connectivity index (χ1n) is 5.05. The van der Waals surface area contributed by atoms with E-state index in [2.05, 4.69) is 0 Å². The number of nitrogens with two attached hydrogens (primary N) is 1. The van der Waals surface area contributed by atoms with Gasteiger partial charge in [0, 0.05) is 23.8 Å². The molecule has 0 saturated carbocycles. The monoisotopic (exact) mass is 227 g/mol. The smallest absolute Gasteiger partial charge is 0.170 e. The standard InChI is InChI=1S/C12H18FNO2/c1-12(2,14)9-6-5-8(7-15-3)10(13)11(9)16-4/h5-6H,7,14H2,1-4H3. The molecule has 0 saturated heterocycles. The summed E-state index contributed by atoms with van der Waals surface area (Å²) in [5.41, 5.74) is 6.42. The Morgan fingerprint density at radius 2 is 1.94 bits per heavy atom. The lowest BCUT2D eigenvalue weighted by molar-refractivity contribution is 0.180. The Hall–Kier alpha value is -1.13. The highest BCUT2D eigenvalue weighted by molar-refractivity contribution is 5.42. The third-order valence-corrected chi connectivity index (χ3v) is 2.38. The van der Waals surface area contributed by atoms with Crippen LogP contribution >= 0.6 is 0 Å². The molecule has 3 nitrogen and oxygen atoms in total. The maximum atomic E-state index is 14.0. The molecule has 0 heterocycles. The van der Waals surface area contributed by atoms with Gasteiger partial charge >= 0.3 is 0 Å². The van der Waals surface area contributed by atoms with Crippen LogP contribution in [0.2, 0.25) is 0 Å². The summed E-state index contributed by atoms with van der Waals surface area (Å²) in [7, 11) is 2.96. The predicted molar refractivity (Wildman–Crippen MR) is 60.9 cm³/mol. The molecule has 0 unspecified atom stereocenters. The van der Waals surface area contributed by atoms with Crippen LogP contribution in [0, 0.1) is 5.82 Å². The third-order valence-electron chi connectivity index (χ3n) is 2.38. The summed E-state index contributed by atoms with van der Waals surface area (Å²) >= 11 is 0. The van der Waals surface area contributed by atoms with E-state index in [-0.39, 0.29) is 12.4 Å². The molecule has 0 aliphatic rings. The fourth-order valence-corrected chi connectivity index (χ4v) is 1.57. The topological polar surface area (TPSA) is 44.5 Å². The van der Waals surface area contributed by atoms with Gasteiger partial charge in [0.25, 0.3) is 0 Å². The maximum absolute atomic E-state index is 14.0. The molecule has 1 aromatic carbocycles. The van der Waals surface area contributed by atoms with Crippen LogP contribution in [0.25, 0.3) is 0 Å². The molecule has 0 fully saturated rings. The number of hydrogen-bond acceptors (Lipinski definition) is 3. The van der Waals surface area contributed by atoms with Gasteiger partial charge in [-0.05, 0) is 13.8 Å². The van der Waals surface area contributed by atoms with Crippen LogP contribution in [0.15, 0.2) is 12.1 Å². The molecule has 0 aromatic heterocycles. The molecular weight excluding hydrogens is 209 g/mol. The minimum absolute atomic E-state index is 0.196. The molecule has 16 heavy (non-hydrogen) atoms. The fraction of sp³-hybridized carbons (Fsp3) is 0.500. The molecular formula is C12H18FNO2. The Bertz CT molecular complexity index is 372. The normalized spacial score (nSPS) is 11.6. The van der Waals surface area contributed by atoms with E-state index in [1.165, 1.54) is 14.2 Å². The van der Waals surface area contributed by atoms with E-state index in [0.29, 0.717) is 11.1 Å². The largest absolute Gasteiger partial charge is 0.493 e. The second-order valence-electron chi connectivity index (χ2n) is 4.27. The molecule has 0 aliphatic heterocycles. The van der Waals surface area contributed by atoms with Gasteiger partial charge in [-0.2, -0.15) is 0 Å². The van der Waals surface area contributed by atoms with Crippen molar-refractivity contribution in [2.45, 2.75) is 26.0 Å². The molecule has 4 heteroatoms. The van der Waals surface area contributed by atoms with Crippen molar-refractivity contribution < 1.29 is 13.9 Å². The molecule has 1 rings (SSSR count). The van der Waals surface area contributed by atoms with Crippen molar-refractivity contribution in [3.8, 4) is 5.75 Å². The molecule has 0 amide bonds. The summed E-state index contributed by atoms with van der Waals surface area (Å²) in [5.74, 6) is -0.206. The average molecular weight is 227 g/mol. The molecule has 0 radical (unpaired) electrons. The van der Waals surface area contributed by atoms with Crippen molar-refractivity contribution in [2.75, 3.05) is 14.2 Å². The third kappa shape index (κ3) is 2.51. The minimum Gasteiger partial charge on any atom is -0.493 e. The van der Waals surface area contributed by atoms with Crippen LogP contribution in [-0.2, 0) is 16.9 Å². The Labute approximate surface area is 95.4 Å². The summed E-state index contributed by atoms with van der Waals surface area (Å²) < 4.78 is 24.0. The second kappa shape index (κ2) is 4.80. The van der Waals surface area contributed by atoms with Gasteiger partial charge in [-0.25, -0.2) is 4.39 Å². The molecule has 90 valence electrons. The highest BCUT2D eigenvalue weighted by atomic mass is 19.1. The van der Waals surface area contributed by atoms with Crippen molar-refractivity contribution in [3.05, 3.63) is 29.1 Å². The number of hydrogen-bond donors (Lipinski definition) is 1. The van der Waals surface area contributed by atoms with Gasteiger partial charge in [0.1, 0.15) is 0 Å². The SMILES string of the molecule is COCc1ccc(C(C)(C)N)c(OC)c1F. The van der Waals surface area contributed by atoms with E-state index in [1.807, 2.05) is 0 Å². The zero-order valence-electron chi connectivity index (χ0n) is 10.1. The number of halogens is 1. The summed E-state index contributed by atoms with van der Waals surface area (Å²) in [6, 6.07) is 3.45. The van der Waals surface area contributed by atoms with Crippen LogP contribution in [0.4, 0.5) is 4.39 Å². The number of benzene rings is 1. The first-order valence-corrected chi connectivity index (χ1v) is 5.05. The first kappa shape index (κ1) is 12.9. The maximum Gasteiger partial charge on any atom is 0.170 e. The van der Waals surface area contributed by atoms with E-state index in [4.69, 9.17) is 15.2 Å². The van der Waals surface area contributed by atoms with Gasteiger partial charge in [-0.3, -0.25) is 0 Å². The van der Waals surface area contributed by atoms with Crippen LogP contribution in [0.3, 0.4) is 0 Å². The van der Waals surface area contributed by atoms with Gasteiger partial charge < -0.3 is 15.2 Å². The van der Waals surface area contributed by atoms with Gasteiger partial charge in [0.05, 0.1) is 13.7 Å². The van der Waals surface area contributed by atoms with E-state index in [0.717, 1.165) is 0 Å². The van der Waals surface area contributed by atoms with E-state index in [1.54, 1.807) is 26.0 Å². The molecule has 1 aromatic rings. The molecule has 2 N–H and O–H groups in total. The van der Waals surface area contributed by atoms with Crippen molar-refractivity contribution in [3.63, 3.8) is 0 Å². The fourth-order valence-electron chi connectivity index (χ4n) is 1.57. The van der Waals surface area contributed by atoms with E-state index >= 15 is 0 Å². The Morgan fingerprint density at radius 3 is 2.38 bits per heavy atom. The number of methoxy groups -OCH3 is 2. The van der Waals surface area contributed by atoms with Gasteiger partial charge in [-0.1, -0.05) is 12.1 Å². The Morgan fingerprint density at radius 1 is 1.31 bits per heavy atom. The van der Waals surface area contributed by atoms with Gasteiger partial charge in [0.15, 0.2) is 11.6 Å². The van der Waals surface area contributed by atoms with Crippen molar-refractivity contribution >= 4 is 0 Å². The molecule has 0 atom stereocenters. The zero-order chi connectivity index (χ0) is 12.3. The molecule has 0 spiro atoms. The Balaban J connectivity index is 3.29. The lowest BCUT2D eigenvalue weighted by atomic mass is 9.93. The van der Waals surface area contributed by atoms with Crippen LogP contribution in [0.1, 0.15) is 25.0 Å². The highest BCUT2D eigenvalue weighted by Crippen LogP contribution is 2.32. The van der Waals surface area contributed by atoms with Crippen molar-refractivity contribution in [1.82, 2.24) is 0 Å². The van der Waals surface area contributed by atoms with Crippen LogP contribution in [-0.4, -0.2) is 14.2 Å². The number of rotatable bonds is 4. The average Bonchev–Trinajstić information content (AvgIpc) is 2.19. The molecule has 0 bridgehead atoms. The van der Waals surface area contributed by atoms with E-state index < -0.39 is 11.4 Å². The van der Waals surface area contributed by atoms with Gasteiger partial charge in [-0.15, -0.1) is 0 Å². The van der Waals surface area contributed by atoms with Crippen LogP contribution in [0.5, 0.6) is 5.75 Å². The Kier molecular flexibility index (Phi) is 3.88. The summed E-state index contributed by atoms with van der Waals surface area (Å²) in [5, 5.41) is 0. The minimum atomic E-state index is -0.641.